The number of carbonyl (C=O) groups is 1. The summed E-state index contributed by atoms with van der Waals surface area (Å²) in [5.74, 6) is 3.90. The maximum Gasteiger partial charge on any atom is 0.382 e. The molecule has 0 aliphatic rings. The third kappa shape index (κ3) is 4.14. The lowest BCUT2D eigenvalue weighted by Crippen LogP contribution is -2.05. The summed E-state index contributed by atoms with van der Waals surface area (Å²) < 4.78 is 5.38. The molecule has 0 aliphatic carbocycles. The molecule has 0 saturated heterocycles. The highest BCUT2D eigenvalue weighted by atomic mass is 16.5. The minimum absolute atomic E-state index is 0.0504. The molecule has 4 nitrogen and oxygen atoms in total. The number of aliphatic carboxylic acids is 1. The van der Waals surface area contributed by atoms with Gasteiger partial charge in [0.05, 0.1) is 12.3 Å². The molecule has 0 amide bonds. The summed E-state index contributed by atoms with van der Waals surface area (Å²) in [4.78, 5) is 14.1. The molecule has 1 aromatic rings. The Kier molecular flexibility index (Phi) is 3.69. The largest absolute Gasteiger partial charge is 0.489 e. The number of carboxylic acids is 1. The predicted octanol–water partition coefficient (Wildman–Crippen LogP) is 1.30. The van der Waals surface area contributed by atoms with Crippen molar-refractivity contribution in [1.82, 2.24) is 4.98 Å². The Balaban J connectivity index is 2.84. The maximum atomic E-state index is 10.2. The standard InChI is InChI=1S/C11H11NO3/c1-8(2)15-10-5-9(6-12-7-10)3-4-11(13)14/h5-8H,1-2H3,(H,13,14). The van der Waals surface area contributed by atoms with Crippen molar-refractivity contribution in [3.05, 3.63) is 24.0 Å². The van der Waals surface area contributed by atoms with E-state index in [0.29, 0.717) is 11.3 Å². The molecule has 0 spiro atoms. The topological polar surface area (TPSA) is 59.4 Å². The van der Waals surface area contributed by atoms with Crippen molar-refractivity contribution >= 4 is 5.97 Å². The van der Waals surface area contributed by atoms with Gasteiger partial charge in [0.1, 0.15) is 5.75 Å². The predicted molar refractivity (Wildman–Crippen MR) is 54.5 cm³/mol. The Hall–Kier alpha value is -2.02. The highest BCUT2D eigenvalue weighted by Crippen LogP contribution is 2.11. The van der Waals surface area contributed by atoms with Crippen molar-refractivity contribution in [2.75, 3.05) is 0 Å². The fraction of sp³-hybridized carbons (Fsp3) is 0.273. The minimum atomic E-state index is -1.16. The summed E-state index contributed by atoms with van der Waals surface area (Å²) >= 11 is 0. The van der Waals surface area contributed by atoms with Gasteiger partial charge in [0.2, 0.25) is 0 Å². The zero-order valence-electron chi connectivity index (χ0n) is 8.52. The number of carboxylic acid groups (broad SMARTS) is 1. The zero-order valence-corrected chi connectivity index (χ0v) is 8.52. The molecule has 15 heavy (non-hydrogen) atoms. The molecule has 0 radical (unpaired) electrons. The molecule has 0 bridgehead atoms. The van der Waals surface area contributed by atoms with E-state index in [9.17, 15) is 4.79 Å². The highest BCUT2D eigenvalue weighted by Gasteiger charge is 1.98. The van der Waals surface area contributed by atoms with E-state index in [1.54, 1.807) is 12.3 Å². The van der Waals surface area contributed by atoms with Gasteiger partial charge in [-0.1, -0.05) is 5.92 Å². The Morgan fingerprint density at radius 2 is 2.27 bits per heavy atom. The van der Waals surface area contributed by atoms with E-state index in [1.807, 2.05) is 19.8 Å². The Morgan fingerprint density at radius 3 is 2.87 bits per heavy atom. The first-order chi connectivity index (χ1) is 7.08. The first kappa shape index (κ1) is 11.1. The van der Waals surface area contributed by atoms with Gasteiger partial charge < -0.3 is 9.84 Å². The summed E-state index contributed by atoms with van der Waals surface area (Å²) in [6, 6.07) is 1.66. The first-order valence-electron chi connectivity index (χ1n) is 4.44. The fourth-order valence-corrected chi connectivity index (χ4v) is 0.949. The fourth-order valence-electron chi connectivity index (χ4n) is 0.949. The zero-order chi connectivity index (χ0) is 11.3. The monoisotopic (exact) mass is 205 g/mol. The average molecular weight is 205 g/mol. The molecule has 1 aromatic heterocycles. The van der Waals surface area contributed by atoms with Gasteiger partial charge in [0, 0.05) is 17.7 Å². The van der Waals surface area contributed by atoms with Gasteiger partial charge in [-0.3, -0.25) is 4.98 Å². The van der Waals surface area contributed by atoms with Gasteiger partial charge in [0.25, 0.3) is 0 Å². The molecule has 0 atom stereocenters. The van der Waals surface area contributed by atoms with E-state index < -0.39 is 5.97 Å². The summed E-state index contributed by atoms with van der Waals surface area (Å²) in [6.45, 7) is 3.80. The van der Waals surface area contributed by atoms with Gasteiger partial charge >= 0.3 is 5.97 Å². The van der Waals surface area contributed by atoms with Crippen LogP contribution in [0.15, 0.2) is 18.5 Å². The molecule has 0 aliphatic heterocycles. The number of nitrogens with zero attached hydrogens (tertiary/aromatic N) is 1. The molecule has 78 valence electrons. The van der Waals surface area contributed by atoms with Gasteiger partial charge in [-0.25, -0.2) is 4.79 Å². The molecule has 1 N–H and O–H groups in total. The molecule has 0 unspecified atom stereocenters. The number of hydrogen-bond donors (Lipinski definition) is 1. The quantitative estimate of drug-likeness (QED) is 0.739. The molecular weight excluding hydrogens is 194 g/mol. The van der Waals surface area contributed by atoms with Crippen molar-refractivity contribution < 1.29 is 14.6 Å². The average Bonchev–Trinajstić information content (AvgIpc) is 2.14. The molecule has 0 fully saturated rings. The summed E-state index contributed by atoms with van der Waals surface area (Å²) in [5, 5.41) is 8.36. The van der Waals surface area contributed by atoms with Crippen LogP contribution in [0.1, 0.15) is 19.4 Å². The Labute approximate surface area is 87.9 Å². The van der Waals surface area contributed by atoms with Crippen LogP contribution in [0.2, 0.25) is 0 Å². The van der Waals surface area contributed by atoms with E-state index >= 15 is 0 Å². The van der Waals surface area contributed by atoms with E-state index in [-0.39, 0.29) is 6.10 Å². The lowest BCUT2D eigenvalue weighted by Gasteiger charge is -2.08. The SMILES string of the molecule is CC(C)Oc1cncc(C#CC(=O)O)c1. The van der Waals surface area contributed by atoms with Gasteiger partial charge in [-0.15, -0.1) is 0 Å². The van der Waals surface area contributed by atoms with Gasteiger partial charge in [-0.05, 0) is 19.9 Å². The third-order valence-corrected chi connectivity index (χ3v) is 1.40. The normalized spacial score (nSPS) is 9.27. The molecule has 0 aromatic carbocycles. The van der Waals surface area contributed by atoms with E-state index in [0.717, 1.165) is 0 Å². The second kappa shape index (κ2) is 5.01. The molecule has 0 saturated carbocycles. The molecule has 4 heteroatoms. The molecule has 1 rings (SSSR count). The highest BCUT2D eigenvalue weighted by molar-refractivity contribution is 5.87. The van der Waals surface area contributed by atoms with Crippen molar-refractivity contribution in [2.24, 2.45) is 0 Å². The smallest absolute Gasteiger partial charge is 0.382 e. The maximum absolute atomic E-state index is 10.2. The second-order valence-electron chi connectivity index (χ2n) is 3.13. The lowest BCUT2D eigenvalue weighted by atomic mass is 10.3. The van der Waals surface area contributed by atoms with Crippen LogP contribution >= 0.6 is 0 Å². The van der Waals surface area contributed by atoms with Gasteiger partial charge in [-0.2, -0.15) is 0 Å². The van der Waals surface area contributed by atoms with Crippen LogP contribution in [0, 0.1) is 11.8 Å². The van der Waals surface area contributed by atoms with Crippen LogP contribution in [-0.4, -0.2) is 22.2 Å². The minimum Gasteiger partial charge on any atom is -0.489 e. The van der Waals surface area contributed by atoms with Crippen molar-refractivity contribution in [3.8, 4) is 17.6 Å². The lowest BCUT2D eigenvalue weighted by molar-refractivity contribution is -0.130. The Bertz CT molecular complexity index is 415. The Morgan fingerprint density at radius 1 is 1.53 bits per heavy atom. The van der Waals surface area contributed by atoms with Crippen molar-refractivity contribution in [3.63, 3.8) is 0 Å². The number of rotatable bonds is 2. The van der Waals surface area contributed by atoms with Crippen molar-refractivity contribution in [2.45, 2.75) is 20.0 Å². The van der Waals surface area contributed by atoms with Crippen molar-refractivity contribution in [1.29, 1.82) is 0 Å². The van der Waals surface area contributed by atoms with Crippen LogP contribution in [0.5, 0.6) is 5.75 Å². The number of hydrogen-bond acceptors (Lipinski definition) is 3. The summed E-state index contributed by atoms with van der Waals surface area (Å²) in [6.07, 6.45) is 3.10. The summed E-state index contributed by atoms with van der Waals surface area (Å²) in [7, 11) is 0. The van der Waals surface area contributed by atoms with E-state index in [4.69, 9.17) is 9.84 Å². The van der Waals surface area contributed by atoms with Crippen LogP contribution < -0.4 is 4.74 Å². The number of pyridine rings is 1. The van der Waals surface area contributed by atoms with Crippen LogP contribution in [0.3, 0.4) is 0 Å². The third-order valence-electron chi connectivity index (χ3n) is 1.40. The van der Waals surface area contributed by atoms with E-state index in [1.165, 1.54) is 6.20 Å². The van der Waals surface area contributed by atoms with Crippen LogP contribution in [0.25, 0.3) is 0 Å². The second-order valence-corrected chi connectivity index (χ2v) is 3.13. The summed E-state index contributed by atoms with van der Waals surface area (Å²) in [5.41, 5.74) is 0.524. The number of aromatic nitrogens is 1. The van der Waals surface area contributed by atoms with Gasteiger partial charge in [0.15, 0.2) is 0 Å². The number of ether oxygens (including phenoxy) is 1. The van der Waals surface area contributed by atoms with Crippen LogP contribution in [0.4, 0.5) is 0 Å². The first-order valence-corrected chi connectivity index (χ1v) is 4.44. The van der Waals surface area contributed by atoms with Crippen LogP contribution in [-0.2, 0) is 4.79 Å². The molecular formula is C11H11NO3. The molecule has 1 heterocycles. The van der Waals surface area contributed by atoms with E-state index in [2.05, 4.69) is 10.9 Å².